The van der Waals surface area contributed by atoms with Gasteiger partial charge in [-0.3, -0.25) is 4.79 Å². The number of pyridine rings is 1. The summed E-state index contributed by atoms with van der Waals surface area (Å²) in [6.45, 7) is 1.41. The van der Waals surface area contributed by atoms with Gasteiger partial charge in [0, 0.05) is 18.0 Å². The Morgan fingerprint density at radius 2 is 2.15 bits per heavy atom. The number of rotatable bonds is 8. The molecule has 0 spiro atoms. The van der Waals surface area contributed by atoms with E-state index >= 15 is 0 Å². The fourth-order valence-corrected chi connectivity index (χ4v) is 3.06. The second-order valence-electron chi connectivity index (χ2n) is 5.62. The number of primary amides is 1. The van der Waals surface area contributed by atoms with Gasteiger partial charge in [-0.1, -0.05) is 12.1 Å². The second kappa shape index (κ2) is 8.55. The molecule has 0 bridgehead atoms. The van der Waals surface area contributed by atoms with E-state index in [9.17, 15) is 9.18 Å². The van der Waals surface area contributed by atoms with Crippen LogP contribution in [0, 0.1) is 5.82 Å². The Morgan fingerprint density at radius 3 is 2.81 bits per heavy atom. The number of carbonyl (C=O) groups is 1. The lowest BCUT2D eigenvalue weighted by atomic mass is 10.2. The quantitative estimate of drug-likeness (QED) is 0.594. The first-order chi connectivity index (χ1) is 12.6. The first-order valence-electron chi connectivity index (χ1n) is 8.07. The van der Waals surface area contributed by atoms with Crippen LogP contribution in [-0.4, -0.2) is 17.4 Å². The number of aromatic nitrogens is 1. The number of halogens is 1. The Hall–Kier alpha value is -2.77. The topological polar surface area (TPSA) is 77.2 Å². The molecule has 2 heterocycles. The number of nitrogens with zero attached hydrogens (tertiary/aromatic N) is 1. The van der Waals surface area contributed by atoms with E-state index in [2.05, 4.69) is 21.7 Å². The zero-order valence-corrected chi connectivity index (χ0v) is 14.8. The molecule has 0 fully saturated rings. The summed E-state index contributed by atoms with van der Waals surface area (Å²) in [5.74, 6) is -0.656. The molecular formula is C19H18FN3O2S. The van der Waals surface area contributed by atoms with Crippen LogP contribution < -0.4 is 15.8 Å². The van der Waals surface area contributed by atoms with Gasteiger partial charge in [0.1, 0.15) is 11.4 Å². The van der Waals surface area contributed by atoms with Crippen LogP contribution in [0.4, 0.5) is 4.39 Å². The van der Waals surface area contributed by atoms with E-state index in [-0.39, 0.29) is 11.4 Å². The Balaban J connectivity index is 1.54. The number of thiophene rings is 1. The van der Waals surface area contributed by atoms with Crippen LogP contribution in [0.2, 0.25) is 0 Å². The second-order valence-corrected chi connectivity index (χ2v) is 6.65. The highest BCUT2D eigenvalue weighted by Crippen LogP contribution is 2.24. The molecule has 0 aliphatic carbocycles. The van der Waals surface area contributed by atoms with Crippen molar-refractivity contribution in [3.05, 3.63) is 76.0 Å². The molecule has 0 saturated heterocycles. The number of hydrogen-bond donors (Lipinski definition) is 2. The largest absolute Gasteiger partial charge is 0.453 e. The van der Waals surface area contributed by atoms with Crippen LogP contribution in [0.5, 0.6) is 11.5 Å². The molecule has 1 aromatic carbocycles. The third-order valence-electron chi connectivity index (χ3n) is 3.67. The average Bonchev–Trinajstić information content (AvgIpc) is 3.15. The van der Waals surface area contributed by atoms with Gasteiger partial charge in [0.15, 0.2) is 11.6 Å². The van der Waals surface area contributed by atoms with Gasteiger partial charge in [-0.15, -0.1) is 11.3 Å². The third kappa shape index (κ3) is 4.87. The lowest BCUT2D eigenvalue weighted by Gasteiger charge is -2.09. The number of amides is 1. The van der Waals surface area contributed by atoms with Gasteiger partial charge in [-0.25, -0.2) is 9.37 Å². The minimum Gasteiger partial charge on any atom is -0.453 e. The first-order valence-corrected chi connectivity index (χ1v) is 8.95. The number of ether oxygens (including phenoxy) is 1. The van der Waals surface area contributed by atoms with Gasteiger partial charge in [0.25, 0.3) is 5.91 Å². The van der Waals surface area contributed by atoms with E-state index < -0.39 is 11.7 Å². The predicted molar refractivity (Wildman–Crippen MR) is 99.0 cm³/mol. The number of benzene rings is 1. The van der Waals surface area contributed by atoms with Crippen molar-refractivity contribution in [1.82, 2.24) is 10.3 Å². The molecule has 0 unspecified atom stereocenters. The van der Waals surface area contributed by atoms with Gasteiger partial charge in [0.05, 0.1) is 6.20 Å². The van der Waals surface area contributed by atoms with Gasteiger partial charge in [0.2, 0.25) is 0 Å². The van der Waals surface area contributed by atoms with Gasteiger partial charge >= 0.3 is 0 Å². The smallest absolute Gasteiger partial charge is 0.267 e. The van der Waals surface area contributed by atoms with E-state index in [4.69, 9.17) is 10.5 Å². The van der Waals surface area contributed by atoms with Crippen molar-refractivity contribution in [2.45, 2.75) is 13.0 Å². The molecule has 3 rings (SSSR count). The highest BCUT2D eigenvalue weighted by molar-refractivity contribution is 7.09. The average molecular weight is 371 g/mol. The summed E-state index contributed by atoms with van der Waals surface area (Å²) in [6, 6.07) is 11.9. The van der Waals surface area contributed by atoms with Crippen LogP contribution in [0.15, 0.2) is 54.0 Å². The zero-order chi connectivity index (χ0) is 18.4. The van der Waals surface area contributed by atoms with Crippen LogP contribution in [0.1, 0.15) is 20.9 Å². The number of carbonyl (C=O) groups excluding carboxylic acids is 1. The number of nitrogens with one attached hydrogen (secondary N) is 1. The molecule has 0 radical (unpaired) electrons. The summed E-state index contributed by atoms with van der Waals surface area (Å²) in [4.78, 5) is 16.2. The van der Waals surface area contributed by atoms with Gasteiger partial charge < -0.3 is 15.8 Å². The fourth-order valence-electron chi connectivity index (χ4n) is 2.35. The molecule has 26 heavy (non-hydrogen) atoms. The summed E-state index contributed by atoms with van der Waals surface area (Å²) >= 11 is 1.73. The predicted octanol–water partition coefficient (Wildman–Crippen LogP) is 3.51. The molecule has 134 valence electrons. The molecule has 1 amide bonds. The van der Waals surface area contributed by atoms with Crippen molar-refractivity contribution >= 4 is 17.2 Å². The van der Waals surface area contributed by atoms with E-state index in [1.54, 1.807) is 17.4 Å². The molecule has 0 atom stereocenters. The molecule has 0 aliphatic rings. The van der Waals surface area contributed by atoms with Gasteiger partial charge in [-0.05, 0) is 47.7 Å². The van der Waals surface area contributed by atoms with Crippen LogP contribution >= 0.6 is 11.3 Å². The van der Waals surface area contributed by atoms with Crippen molar-refractivity contribution in [3.63, 3.8) is 0 Å². The molecule has 0 saturated carbocycles. The minimum atomic E-state index is -0.626. The highest BCUT2D eigenvalue weighted by atomic mass is 32.1. The van der Waals surface area contributed by atoms with E-state index in [0.29, 0.717) is 12.3 Å². The normalized spacial score (nSPS) is 10.7. The van der Waals surface area contributed by atoms with E-state index in [0.717, 1.165) is 18.5 Å². The van der Waals surface area contributed by atoms with Crippen molar-refractivity contribution in [3.8, 4) is 11.5 Å². The molecule has 2 aromatic heterocycles. The third-order valence-corrected chi connectivity index (χ3v) is 4.61. The van der Waals surface area contributed by atoms with Crippen LogP contribution in [0.3, 0.4) is 0 Å². The molecule has 3 aromatic rings. The number of hydrogen-bond acceptors (Lipinski definition) is 5. The lowest BCUT2D eigenvalue weighted by molar-refractivity contribution is 0.0995. The minimum absolute atomic E-state index is 0.0981. The molecule has 5 nitrogen and oxygen atoms in total. The van der Waals surface area contributed by atoms with E-state index in [1.807, 2.05) is 12.1 Å². The standard InChI is InChI=1S/C19H18FN3O2S/c20-16-10-13(11-22-8-7-15-2-1-9-26-15)3-6-18(16)25-14-4-5-17(19(21)24)23-12-14/h1-6,9-10,12,22H,7-8,11H2,(H2,21,24). The monoisotopic (exact) mass is 371 g/mol. The summed E-state index contributed by atoms with van der Waals surface area (Å²) in [7, 11) is 0. The highest BCUT2D eigenvalue weighted by Gasteiger charge is 2.08. The molecular weight excluding hydrogens is 353 g/mol. The van der Waals surface area contributed by atoms with Crippen molar-refractivity contribution in [2.24, 2.45) is 5.73 Å². The lowest BCUT2D eigenvalue weighted by Crippen LogP contribution is -2.16. The maximum atomic E-state index is 14.2. The Labute approximate surface area is 154 Å². The SMILES string of the molecule is NC(=O)c1ccc(Oc2ccc(CNCCc3cccs3)cc2F)cn1. The molecule has 0 aliphatic heterocycles. The molecule has 7 heteroatoms. The Morgan fingerprint density at radius 1 is 1.27 bits per heavy atom. The maximum absolute atomic E-state index is 14.2. The summed E-state index contributed by atoms with van der Waals surface area (Å²) in [5, 5.41) is 5.35. The van der Waals surface area contributed by atoms with Crippen LogP contribution in [0.25, 0.3) is 0 Å². The van der Waals surface area contributed by atoms with Crippen molar-refractivity contribution < 1.29 is 13.9 Å². The fraction of sp³-hybridized carbons (Fsp3) is 0.158. The zero-order valence-electron chi connectivity index (χ0n) is 13.9. The Bertz CT molecular complexity index is 867. The summed E-state index contributed by atoms with van der Waals surface area (Å²) < 4.78 is 19.7. The summed E-state index contributed by atoms with van der Waals surface area (Å²) in [5.41, 5.74) is 6.09. The number of nitrogens with two attached hydrogens (primary N) is 1. The van der Waals surface area contributed by atoms with Gasteiger partial charge in [-0.2, -0.15) is 0 Å². The van der Waals surface area contributed by atoms with E-state index in [1.165, 1.54) is 29.3 Å². The Kier molecular flexibility index (Phi) is 5.93. The van der Waals surface area contributed by atoms with Crippen molar-refractivity contribution in [1.29, 1.82) is 0 Å². The van der Waals surface area contributed by atoms with Crippen molar-refractivity contribution in [2.75, 3.05) is 6.54 Å². The van der Waals surface area contributed by atoms with Crippen LogP contribution in [-0.2, 0) is 13.0 Å². The first kappa shape index (κ1) is 18.0. The maximum Gasteiger partial charge on any atom is 0.267 e. The summed E-state index contributed by atoms with van der Waals surface area (Å²) in [6.07, 6.45) is 2.29. The molecule has 3 N–H and O–H groups in total.